The molecular formula is C16H19NS. The van der Waals surface area contributed by atoms with Gasteiger partial charge in [0.1, 0.15) is 0 Å². The number of hydrogen-bond donors (Lipinski definition) is 2. The number of hydrogen-bond acceptors (Lipinski definition) is 2. The second-order valence-corrected chi connectivity index (χ2v) is 4.80. The Hall–Kier alpha value is -1.25. The summed E-state index contributed by atoms with van der Waals surface area (Å²) in [5, 5.41) is 3.56. The van der Waals surface area contributed by atoms with Crippen molar-refractivity contribution in [3.05, 3.63) is 71.8 Å². The molecule has 0 saturated heterocycles. The van der Waals surface area contributed by atoms with Crippen LogP contribution in [0.4, 0.5) is 0 Å². The summed E-state index contributed by atoms with van der Waals surface area (Å²) in [6, 6.07) is 21.5. The summed E-state index contributed by atoms with van der Waals surface area (Å²) in [4.78, 5) is 0. The molecule has 2 aromatic rings. The van der Waals surface area contributed by atoms with Crippen molar-refractivity contribution >= 4 is 12.6 Å². The maximum atomic E-state index is 4.43. The third-order valence-corrected chi connectivity index (χ3v) is 3.42. The van der Waals surface area contributed by atoms with E-state index >= 15 is 0 Å². The minimum Gasteiger partial charge on any atom is -0.309 e. The smallest absolute Gasteiger partial charge is 0.0208 e. The molecule has 2 aromatic carbocycles. The fourth-order valence-corrected chi connectivity index (χ4v) is 2.22. The van der Waals surface area contributed by atoms with Gasteiger partial charge < -0.3 is 5.32 Å². The average molecular weight is 257 g/mol. The molecule has 0 radical (unpaired) electrons. The van der Waals surface area contributed by atoms with Gasteiger partial charge in [-0.2, -0.15) is 12.6 Å². The lowest BCUT2D eigenvalue weighted by molar-refractivity contribution is 0.553. The number of nitrogens with one attached hydrogen (secondary N) is 1. The van der Waals surface area contributed by atoms with Crippen LogP contribution in [0, 0.1) is 0 Å². The first-order chi connectivity index (χ1) is 8.88. The van der Waals surface area contributed by atoms with E-state index in [4.69, 9.17) is 0 Å². The second kappa shape index (κ2) is 7.24. The van der Waals surface area contributed by atoms with Crippen molar-refractivity contribution < 1.29 is 0 Å². The largest absolute Gasteiger partial charge is 0.309 e. The van der Waals surface area contributed by atoms with E-state index < -0.39 is 0 Å². The minimum absolute atomic E-state index is 0.413. The molecule has 0 spiro atoms. The second-order valence-electron chi connectivity index (χ2n) is 4.44. The molecule has 94 valence electrons. The van der Waals surface area contributed by atoms with Gasteiger partial charge in [-0.1, -0.05) is 60.7 Å². The molecule has 0 heterocycles. The van der Waals surface area contributed by atoms with Crippen LogP contribution in [0.1, 0.15) is 11.1 Å². The summed E-state index contributed by atoms with van der Waals surface area (Å²) in [6.07, 6.45) is 1.02. The van der Waals surface area contributed by atoms with Crippen LogP contribution >= 0.6 is 12.6 Å². The van der Waals surface area contributed by atoms with Gasteiger partial charge in [-0.25, -0.2) is 0 Å². The normalized spacial score (nSPS) is 12.3. The van der Waals surface area contributed by atoms with E-state index in [1.165, 1.54) is 11.1 Å². The minimum atomic E-state index is 0.413. The van der Waals surface area contributed by atoms with Crippen LogP contribution in [0.15, 0.2) is 60.7 Å². The number of benzene rings is 2. The third kappa shape index (κ3) is 4.21. The van der Waals surface area contributed by atoms with Crippen LogP contribution in [-0.2, 0) is 13.0 Å². The van der Waals surface area contributed by atoms with Crippen LogP contribution in [0.2, 0.25) is 0 Å². The molecule has 0 unspecified atom stereocenters. The molecule has 2 heteroatoms. The molecule has 1 atom stereocenters. The Balaban J connectivity index is 1.86. The molecule has 0 aliphatic carbocycles. The van der Waals surface area contributed by atoms with E-state index in [-0.39, 0.29) is 0 Å². The van der Waals surface area contributed by atoms with Gasteiger partial charge >= 0.3 is 0 Å². The van der Waals surface area contributed by atoms with Gasteiger partial charge in [0.05, 0.1) is 0 Å². The van der Waals surface area contributed by atoms with E-state index in [0.717, 1.165) is 18.7 Å². The van der Waals surface area contributed by atoms with E-state index in [1.807, 2.05) is 6.07 Å². The van der Waals surface area contributed by atoms with Crippen molar-refractivity contribution in [3.63, 3.8) is 0 Å². The Labute approximate surface area is 115 Å². The highest BCUT2D eigenvalue weighted by Crippen LogP contribution is 2.06. The molecule has 0 aliphatic rings. The van der Waals surface area contributed by atoms with E-state index in [2.05, 4.69) is 72.5 Å². The number of rotatable bonds is 6. The molecule has 2 rings (SSSR count). The summed E-state index contributed by atoms with van der Waals surface area (Å²) in [5.74, 6) is 0.849. The summed E-state index contributed by atoms with van der Waals surface area (Å²) >= 11 is 4.43. The van der Waals surface area contributed by atoms with Gasteiger partial charge in [-0.05, 0) is 17.5 Å². The van der Waals surface area contributed by atoms with E-state index in [0.29, 0.717) is 6.04 Å². The van der Waals surface area contributed by atoms with Crippen LogP contribution in [0.5, 0.6) is 0 Å². The molecule has 0 aromatic heterocycles. The highest BCUT2D eigenvalue weighted by atomic mass is 32.1. The van der Waals surface area contributed by atoms with Gasteiger partial charge in [-0.3, -0.25) is 0 Å². The summed E-state index contributed by atoms with van der Waals surface area (Å²) in [5.41, 5.74) is 2.68. The SMILES string of the molecule is SC[C@H](Cc1ccccc1)NCc1ccccc1. The Morgan fingerprint density at radius 3 is 1.94 bits per heavy atom. The number of thiol groups is 1. The highest BCUT2D eigenvalue weighted by Gasteiger charge is 2.06. The molecule has 0 amide bonds. The molecule has 1 N–H and O–H groups in total. The van der Waals surface area contributed by atoms with Crippen LogP contribution in [0.3, 0.4) is 0 Å². The first-order valence-electron chi connectivity index (χ1n) is 6.30. The van der Waals surface area contributed by atoms with Crippen molar-refractivity contribution in [3.8, 4) is 0 Å². The Kier molecular flexibility index (Phi) is 5.31. The molecule has 0 fully saturated rings. The first kappa shape index (κ1) is 13.2. The van der Waals surface area contributed by atoms with Crippen molar-refractivity contribution in [1.29, 1.82) is 0 Å². The Morgan fingerprint density at radius 1 is 0.833 bits per heavy atom. The van der Waals surface area contributed by atoms with Gasteiger partial charge in [0.2, 0.25) is 0 Å². The van der Waals surface area contributed by atoms with Gasteiger partial charge in [0.25, 0.3) is 0 Å². The first-order valence-corrected chi connectivity index (χ1v) is 6.94. The average Bonchev–Trinajstić information content (AvgIpc) is 2.45. The maximum Gasteiger partial charge on any atom is 0.0208 e. The summed E-state index contributed by atoms with van der Waals surface area (Å²) in [7, 11) is 0. The van der Waals surface area contributed by atoms with E-state index in [9.17, 15) is 0 Å². The molecular weight excluding hydrogens is 238 g/mol. The molecule has 0 aliphatic heterocycles. The molecule has 0 saturated carbocycles. The zero-order chi connectivity index (χ0) is 12.6. The van der Waals surface area contributed by atoms with Crippen molar-refractivity contribution in [2.24, 2.45) is 0 Å². The van der Waals surface area contributed by atoms with Crippen molar-refractivity contribution in [2.75, 3.05) is 5.75 Å². The predicted octanol–water partition coefficient (Wildman–Crippen LogP) is 3.32. The monoisotopic (exact) mass is 257 g/mol. The molecule has 1 nitrogen and oxygen atoms in total. The lowest BCUT2D eigenvalue weighted by atomic mass is 10.1. The van der Waals surface area contributed by atoms with Gasteiger partial charge in [0.15, 0.2) is 0 Å². The van der Waals surface area contributed by atoms with Gasteiger partial charge in [0, 0.05) is 18.3 Å². The Bertz CT molecular complexity index is 441. The predicted molar refractivity (Wildman–Crippen MR) is 81.1 cm³/mol. The summed E-state index contributed by atoms with van der Waals surface area (Å²) < 4.78 is 0. The van der Waals surface area contributed by atoms with Crippen molar-refractivity contribution in [1.82, 2.24) is 5.32 Å². The zero-order valence-electron chi connectivity index (χ0n) is 10.4. The highest BCUT2D eigenvalue weighted by molar-refractivity contribution is 7.80. The fourth-order valence-electron chi connectivity index (χ4n) is 1.96. The standard InChI is InChI=1S/C16H19NS/c18-13-16(11-14-7-3-1-4-8-14)17-12-15-9-5-2-6-10-15/h1-10,16-18H,11-13H2/t16-/m0/s1. The molecule has 18 heavy (non-hydrogen) atoms. The Morgan fingerprint density at radius 2 is 1.39 bits per heavy atom. The topological polar surface area (TPSA) is 12.0 Å². The summed E-state index contributed by atoms with van der Waals surface area (Å²) in [6.45, 7) is 0.902. The van der Waals surface area contributed by atoms with Crippen LogP contribution in [0.25, 0.3) is 0 Å². The lowest BCUT2D eigenvalue weighted by Gasteiger charge is -2.16. The van der Waals surface area contributed by atoms with Crippen LogP contribution in [-0.4, -0.2) is 11.8 Å². The van der Waals surface area contributed by atoms with Crippen molar-refractivity contribution in [2.45, 2.75) is 19.0 Å². The molecule has 0 bridgehead atoms. The quantitative estimate of drug-likeness (QED) is 0.757. The maximum absolute atomic E-state index is 4.43. The third-order valence-electron chi connectivity index (χ3n) is 2.98. The van der Waals surface area contributed by atoms with E-state index in [1.54, 1.807) is 0 Å². The van der Waals surface area contributed by atoms with Gasteiger partial charge in [-0.15, -0.1) is 0 Å². The zero-order valence-corrected chi connectivity index (χ0v) is 11.3. The fraction of sp³-hybridized carbons (Fsp3) is 0.250. The lowest BCUT2D eigenvalue weighted by Crippen LogP contribution is -2.32. The van der Waals surface area contributed by atoms with Crippen LogP contribution < -0.4 is 5.32 Å².